The largest absolute Gasteiger partial charge is 0.462 e. The van der Waals surface area contributed by atoms with Crippen LogP contribution in [0.5, 0.6) is 0 Å². The van der Waals surface area contributed by atoms with Crippen molar-refractivity contribution in [1.82, 2.24) is 5.32 Å². The molecule has 1 aromatic heterocycles. The maximum absolute atomic E-state index is 5.85. The highest BCUT2D eigenvalue weighted by atomic mass is 16.5. The second kappa shape index (κ2) is 10.9. The lowest BCUT2D eigenvalue weighted by atomic mass is 10.2. The zero-order valence-electron chi connectivity index (χ0n) is 14.3. The first-order valence-electron chi connectivity index (χ1n) is 8.50. The molecule has 0 spiro atoms. The van der Waals surface area contributed by atoms with Crippen molar-refractivity contribution in [3.05, 3.63) is 23.2 Å². The summed E-state index contributed by atoms with van der Waals surface area (Å²) < 4.78 is 11.6. The molecule has 0 fully saturated rings. The van der Waals surface area contributed by atoms with Crippen LogP contribution in [0.25, 0.3) is 0 Å². The number of hydrogen-bond donors (Lipinski definition) is 1. The Morgan fingerprint density at radius 3 is 2.67 bits per heavy atom. The van der Waals surface area contributed by atoms with E-state index >= 15 is 0 Å². The number of ether oxygens (including phenoxy) is 1. The lowest BCUT2D eigenvalue weighted by Gasteiger charge is -2.06. The fraction of sp³-hybridized carbons (Fsp3) is 0.778. The second-order valence-electron chi connectivity index (χ2n) is 6.31. The van der Waals surface area contributed by atoms with E-state index < -0.39 is 0 Å². The van der Waals surface area contributed by atoms with Gasteiger partial charge in [0.2, 0.25) is 0 Å². The smallest absolute Gasteiger partial charge is 0.130 e. The van der Waals surface area contributed by atoms with Gasteiger partial charge in [-0.15, -0.1) is 0 Å². The van der Waals surface area contributed by atoms with E-state index in [0.717, 1.165) is 37.6 Å². The highest BCUT2D eigenvalue weighted by molar-refractivity contribution is 5.19. The molecule has 0 atom stereocenters. The molecular formula is C18H33NO2. The molecule has 0 unspecified atom stereocenters. The minimum absolute atomic E-state index is 0.596. The number of unbranched alkanes of at least 4 members (excludes halogenated alkanes) is 4. The standard InChI is InChI=1S/C18H33NO2/c1-5-6-7-8-9-10-20-14-17-11-16(4)18(21-17)13-19-12-15(2)3/h11,15,19H,5-10,12-14H2,1-4H3. The van der Waals surface area contributed by atoms with Crippen molar-refractivity contribution < 1.29 is 9.15 Å². The molecule has 1 N–H and O–H groups in total. The summed E-state index contributed by atoms with van der Waals surface area (Å²) in [5, 5.41) is 3.42. The maximum Gasteiger partial charge on any atom is 0.130 e. The average molecular weight is 295 g/mol. The lowest BCUT2D eigenvalue weighted by Crippen LogP contribution is -2.18. The zero-order chi connectivity index (χ0) is 15.5. The van der Waals surface area contributed by atoms with E-state index in [4.69, 9.17) is 9.15 Å². The zero-order valence-corrected chi connectivity index (χ0v) is 14.3. The van der Waals surface area contributed by atoms with Crippen LogP contribution in [0.3, 0.4) is 0 Å². The molecule has 0 aromatic carbocycles. The van der Waals surface area contributed by atoms with Gasteiger partial charge in [0.15, 0.2) is 0 Å². The van der Waals surface area contributed by atoms with Crippen LogP contribution in [0.4, 0.5) is 0 Å². The van der Waals surface area contributed by atoms with Gasteiger partial charge in [0, 0.05) is 6.61 Å². The first-order valence-corrected chi connectivity index (χ1v) is 8.50. The van der Waals surface area contributed by atoms with Gasteiger partial charge in [-0.1, -0.05) is 46.5 Å². The van der Waals surface area contributed by atoms with Gasteiger partial charge in [-0.05, 0) is 37.4 Å². The van der Waals surface area contributed by atoms with Gasteiger partial charge in [0.25, 0.3) is 0 Å². The Morgan fingerprint density at radius 2 is 1.95 bits per heavy atom. The lowest BCUT2D eigenvalue weighted by molar-refractivity contribution is 0.101. The van der Waals surface area contributed by atoms with Crippen LogP contribution >= 0.6 is 0 Å². The van der Waals surface area contributed by atoms with Gasteiger partial charge >= 0.3 is 0 Å². The molecule has 0 aliphatic rings. The minimum Gasteiger partial charge on any atom is -0.462 e. The molecule has 0 aliphatic carbocycles. The van der Waals surface area contributed by atoms with Crippen LogP contribution in [0.15, 0.2) is 10.5 Å². The molecule has 1 heterocycles. The predicted molar refractivity (Wildman–Crippen MR) is 88.4 cm³/mol. The Morgan fingerprint density at radius 1 is 1.19 bits per heavy atom. The van der Waals surface area contributed by atoms with Crippen molar-refractivity contribution in [2.45, 2.75) is 73.0 Å². The van der Waals surface area contributed by atoms with Crippen molar-refractivity contribution in [2.24, 2.45) is 5.92 Å². The molecule has 0 amide bonds. The molecule has 3 nitrogen and oxygen atoms in total. The van der Waals surface area contributed by atoms with Crippen LogP contribution < -0.4 is 5.32 Å². The summed E-state index contributed by atoms with van der Waals surface area (Å²) in [5.41, 5.74) is 1.22. The second-order valence-corrected chi connectivity index (χ2v) is 6.31. The fourth-order valence-corrected chi connectivity index (χ4v) is 2.29. The summed E-state index contributed by atoms with van der Waals surface area (Å²) in [5.74, 6) is 2.65. The van der Waals surface area contributed by atoms with E-state index in [2.05, 4.69) is 39.1 Å². The summed E-state index contributed by atoms with van der Waals surface area (Å²) in [7, 11) is 0. The average Bonchev–Trinajstić information content (AvgIpc) is 2.78. The van der Waals surface area contributed by atoms with Crippen LogP contribution in [-0.2, 0) is 17.9 Å². The molecule has 3 heteroatoms. The number of hydrogen-bond acceptors (Lipinski definition) is 3. The molecule has 0 saturated heterocycles. The van der Waals surface area contributed by atoms with E-state index in [-0.39, 0.29) is 0 Å². The normalized spacial score (nSPS) is 11.5. The van der Waals surface area contributed by atoms with E-state index in [9.17, 15) is 0 Å². The monoisotopic (exact) mass is 295 g/mol. The highest BCUT2D eigenvalue weighted by Gasteiger charge is 2.07. The third kappa shape index (κ3) is 8.27. The summed E-state index contributed by atoms with van der Waals surface area (Å²) in [6.45, 7) is 12.0. The van der Waals surface area contributed by atoms with Crippen molar-refractivity contribution in [3.8, 4) is 0 Å². The van der Waals surface area contributed by atoms with Gasteiger partial charge in [-0.25, -0.2) is 0 Å². The molecular weight excluding hydrogens is 262 g/mol. The van der Waals surface area contributed by atoms with Crippen LogP contribution in [0.2, 0.25) is 0 Å². The Hall–Kier alpha value is -0.800. The van der Waals surface area contributed by atoms with E-state index in [1.165, 1.54) is 31.2 Å². The van der Waals surface area contributed by atoms with Crippen LogP contribution in [-0.4, -0.2) is 13.2 Å². The van der Waals surface area contributed by atoms with Gasteiger partial charge < -0.3 is 14.5 Å². The molecule has 0 radical (unpaired) electrons. The van der Waals surface area contributed by atoms with E-state index in [1.807, 2.05) is 0 Å². The van der Waals surface area contributed by atoms with E-state index in [0.29, 0.717) is 12.5 Å². The molecule has 1 rings (SSSR count). The molecule has 0 aliphatic heterocycles. The number of nitrogens with one attached hydrogen (secondary N) is 1. The van der Waals surface area contributed by atoms with Gasteiger partial charge in [-0.3, -0.25) is 0 Å². The minimum atomic E-state index is 0.596. The Kier molecular flexibility index (Phi) is 9.44. The molecule has 0 saturated carbocycles. The number of rotatable bonds is 12. The summed E-state index contributed by atoms with van der Waals surface area (Å²) in [6.07, 6.45) is 6.38. The summed E-state index contributed by atoms with van der Waals surface area (Å²) >= 11 is 0. The van der Waals surface area contributed by atoms with Gasteiger partial charge in [0.1, 0.15) is 18.1 Å². The third-order valence-electron chi connectivity index (χ3n) is 3.55. The Labute approximate surface area is 130 Å². The van der Waals surface area contributed by atoms with Crippen molar-refractivity contribution in [2.75, 3.05) is 13.2 Å². The Bertz CT molecular complexity index is 371. The molecule has 21 heavy (non-hydrogen) atoms. The molecule has 1 aromatic rings. The number of aryl methyl sites for hydroxylation is 1. The summed E-state index contributed by atoms with van der Waals surface area (Å²) in [4.78, 5) is 0. The van der Waals surface area contributed by atoms with E-state index in [1.54, 1.807) is 0 Å². The topological polar surface area (TPSA) is 34.4 Å². The maximum atomic E-state index is 5.85. The predicted octanol–water partition coefficient (Wildman–Crippen LogP) is 4.82. The third-order valence-corrected chi connectivity index (χ3v) is 3.55. The highest BCUT2D eigenvalue weighted by Crippen LogP contribution is 2.15. The van der Waals surface area contributed by atoms with Crippen molar-refractivity contribution in [3.63, 3.8) is 0 Å². The molecule has 0 bridgehead atoms. The van der Waals surface area contributed by atoms with Gasteiger partial charge in [0.05, 0.1) is 6.54 Å². The van der Waals surface area contributed by atoms with Crippen molar-refractivity contribution >= 4 is 0 Å². The summed E-state index contributed by atoms with van der Waals surface area (Å²) in [6, 6.07) is 2.10. The van der Waals surface area contributed by atoms with Gasteiger partial charge in [-0.2, -0.15) is 0 Å². The van der Waals surface area contributed by atoms with Crippen LogP contribution in [0, 0.1) is 12.8 Å². The SMILES string of the molecule is CCCCCCCOCc1cc(C)c(CNCC(C)C)o1. The molecule has 122 valence electrons. The quantitative estimate of drug-likeness (QED) is 0.561. The van der Waals surface area contributed by atoms with Crippen molar-refractivity contribution in [1.29, 1.82) is 0 Å². The number of furan rings is 1. The van der Waals surface area contributed by atoms with Crippen LogP contribution in [0.1, 0.15) is 70.0 Å². The fourth-order valence-electron chi connectivity index (χ4n) is 2.29. The first-order chi connectivity index (χ1) is 10.1. The Balaban J connectivity index is 2.18. The first kappa shape index (κ1) is 18.2.